The van der Waals surface area contributed by atoms with Crippen LogP contribution >= 0.6 is 0 Å². The average molecular weight is 343 g/mol. The third kappa shape index (κ3) is 50.9. The normalized spacial score (nSPS) is 8.57. The van der Waals surface area contributed by atoms with E-state index in [2.05, 4.69) is 0 Å². The molecule has 0 unspecified atom stereocenters. The van der Waals surface area contributed by atoms with Gasteiger partial charge in [-0.15, -0.1) is 0 Å². The van der Waals surface area contributed by atoms with Crippen LogP contribution in [0.4, 0.5) is 0 Å². The molecule has 4 N–H and O–H groups in total. The summed E-state index contributed by atoms with van der Waals surface area (Å²) in [7, 11) is -4.61. The first kappa shape index (κ1) is 16.4. The minimum atomic E-state index is -4.61. The average Bonchev–Trinajstić information content (AvgIpc) is 0.722. The minimum absolute atomic E-state index is 0. The van der Waals surface area contributed by atoms with Gasteiger partial charge in [-0.2, -0.15) is 0 Å². The van der Waals surface area contributed by atoms with Crippen LogP contribution in [0.25, 0.3) is 0 Å². The molecule has 0 aliphatic carbocycles. The summed E-state index contributed by atoms with van der Waals surface area (Å²) < 4.78 is 0. The molecule has 0 amide bonds. The first-order valence-corrected chi connectivity index (χ1v) is 2.68. The molecule has 0 aromatic rings. The topological polar surface area (TPSA) is 80.9 Å². The van der Waals surface area contributed by atoms with Crippen LogP contribution in [0.3, 0.4) is 0 Å². The molecule has 0 atom stereocenters. The molecule has 0 aliphatic rings. The summed E-state index contributed by atoms with van der Waals surface area (Å²) in [6, 6.07) is 0. The van der Waals surface area contributed by atoms with Crippen LogP contribution in [0.15, 0.2) is 0 Å². The molecule has 0 saturated carbocycles. The van der Waals surface area contributed by atoms with E-state index >= 15 is 0 Å². The monoisotopic (exact) mass is 344 g/mol. The zero-order valence-corrected chi connectivity index (χ0v) is 5.91. The summed E-state index contributed by atoms with van der Waals surface area (Å²) in [6.45, 7) is 0. The zero-order chi connectivity index (χ0) is 4.50. The molecular weight excluding hydrogens is 337 g/mol. The number of hydrogen-bond acceptors (Lipinski definition) is 4. The maximum atomic E-state index is 7.33. The van der Waals surface area contributed by atoms with Crippen molar-refractivity contribution in [2.45, 2.75) is 0 Å². The summed E-state index contributed by atoms with van der Waals surface area (Å²) in [5.41, 5.74) is 0. The van der Waals surface area contributed by atoms with Crippen LogP contribution in [0.5, 0.6) is 0 Å². The third-order valence-corrected chi connectivity index (χ3v) is 0. The Labute approximate surface area is 111 Å². The van der Waals surface area contributed by atoms with Crippen LogP contribution < -0.4 is 0 Å². The van der Waals surface area contributed by atoms with Crippen molar-refractivity contribution in [2.24, 2.45) is 0 Å². The Morgan fingerprint density at radius 3 is 0.857 bits per heavy atom. The zero-order valence-electron chi connectivity index (χ0n) is 2.64. The van der Waals surface area contributed by atoms with Crippen LogP contribution in [-0.4, -0.2) is 73.7 Å². The quantitative estimate of drug-likeness (QED) is 0.344. The fourth-order valence-corrected chi connectivity index (χ4v) is 0. The Morgan fingerprint density at radius 1 is 0.857 bits per heavy atom. The van der Waals surface area contributed by atoms with Gasteiger partial charge in [0.1, 0.15) is 0 Å². The molecule has 0 fully saturated rings. The molecule has 0 saturated heterocycles. The van der Waals surface area contributed by atoms with Gasteiger partial charge in [-0.3, -0.25) is 0 Å². The molecule has 0 bridgehead atoms. The van der Waals surface area contributed by atoms with Crippen LogP contribution in [-0.2, 0) is 0 Å². The molecule has 0 aliphatic heterocycles. The predicted molar refractivity (Wildman–Crippen MR) is 23.2 cm³/mol. The van der Waals surface area contributed by atoms with Crippen molar-refractivity contribution in [1.29, 1.82) is 0 Å². The molecule has 0 aromatic carbocycles. The van der Waals surface area contributed by atoms with E-state index in [0.717, 1.165) is 0 Å². The SMILES string of the molecule is O[Si](O)(O)O.[Gd].[SrH2]. The summed E-state index contributed by atoms with van der Waals surface area (Å²) in [6.07, 6.45) is 0. The maximum absolute atomic E-state index is 7.33. The van der Waals surface area contributed by atoms with Crippen LogP contribution in [0.2, 0.25) is 0 Å². The van der Waals surface area contributed by atoms with Gasteiger partial charge in [-0.25, -0.2) is 0 Å². The van der Waals surface area contributed by atoms with E-state index < -0.39 is 9.05 Å². The third-order valence-electron chi connectivity index (χ3n) is 0. The van der Waals surface area contributed by atoms with E-state index in [1.165, 1.54) is 0 Å². The molecule has 44 valence electrons. The van der Waals surface area contributed by atoms with E-state index in [1.807, 2.05) is 0 Å². The Kier molecular flexibility index (Phi) is 16.4. The molecule has 0 rings (SSSR count). The Morgan fingerprint density at radius 2 is 0.857 bits per heavy atom. The van der Waals surface area contributed by atoms with Gasteiger partial charge in [0.25, 0.3) is 0 Å². The van der Waals surface area contributed by atoms with Crippen molar-refractivity contribution >= 4 is 54.5 Å². The van der Waals surface area contributed by atoms with Crippen LogP contribution in [0.1, 0.15) is 0 Å². The molecule has 7 heavy (non-hydrogen) atoms. The van der Waals surface area contributed by atoms with Gasteiger partial charge < -0.3 is 19.2 Å². The van der Waals surface area contributed by atoms with E-state index in [1.54, 1.807) is 0 Å². The molecule has 0 aromatic heterocycles. The number of rotatable bonds is 0. The van der Waals surface area contributed by atoms with Gasteiger partial charge >= 0.3 is 54.5 Å². The Hall–Kier alpha value is 2.86. The van der Waals surface area contributed by atoms with Crippen molar-refractivity contribution in [3.8, 4) is 0 Å². The first-order valence-electron chi connectivity index (χ1n) is 0.894. The molecule has 0 spiro atoms. The summed E-state index contributed by atoms with van der Waals surface area (Å²) >= 11 is 0. The fourth-order valence-electron chi connectivity index (χ4n) is 0. The first-order chi connectivity index (χ1) is 2.00. The second-order valence-corrected chi connectivity index (χ2v) is 1.80. The predicted octanol–water partition coefficient (Wildman–Crippen LogP) is -3.52. The molecular formula is H6GdO4SiSr. The van der Waals surface area contributed by atoms with Crippen molar-refractivity contribution in [1.82, 2.24) is 0 Å². The summed E-state index contributed by atoms with van der Waals surface area (Å²) in [5.74, 6) is 0. The Balaban J connectivity index is -0.0000000800. The van der Waals surface area contributed by atoms with Crippen molar-refractivity contribution < 1.29 is 59.1 Å². The summed E-state index contributed by atoms with van der Waals surface area (Å²) in [4.78, 5) is 29.3. The molecule has 4 nitrogen and oxygen atoms in total. The van der Waals surface area contributed by atoms with Gasteiger partial charge in [0, 0.05) is 39.9 Å². The van der Waals surface area contributed by atoms with Gasteiger partial charge in [-0.1, -0.05) is 0 Å². The van der Waals surface area contributed by atoms with Gasteiger partial charge in [0.2, 0.25) is 0 Å². The van der Waals surface area contributed by atoms with Gasteiger partial charge in [-0.05, 0) is 0 Å². The van der Waals surface area contributed by atoms with Gasteiger partial charge in [0.15, 0.2) is 0 Å². The second kappa shape index (κ2) is 6.97. The van der Waals surface area contributed by atoms with E-state index in [-0.39, 0.29) is 85.4 Å². The van der Waals surface area contributed by atoms with E-state index in [9.17, 15) is 0 Å². The Bertz CT molecular complexity index is 27.2. The van der Waals surface area contributed by atoms with Gasteiger partial charge in [0.05, 0.1) is 0 Å². The second-order valence-electron chi connectivity index (χ2n) is 0.600. The fraction of sp³-hybridized carbons (Fsp3) is 0. The van der Waals surface area contributed by atoms with Crippen molar-refractivity contribution in [3.63, 3.8) is 0 Å². The summed E-state index contributed by atoms with van der Waals surface area (Å²) in [5, 5.41) is 0. The molecule has 0 radical (unpaired) electrons. The molecule has 7 heteroatoms. The van der Waals surface area contributed by atoms with Crippen molar-refractivity contribution in [2.75, 3.05) is 0 Å². The van der Waals surface area contributed by atoms with E-state index in [0.29, 0.717) is 0 Å². The molecule has 0 heterocycles. The van der Waals surface area contributed by atoms with Crippen LogP contribution in [0, 0.1) is 39.9 Å². The number of hydrogen-bond donors (Lipinski definition) is 4. The standard InChI is InChI=1S/Gd.H4O4Si.Sr.2H/c;1-5(2,3)4;;;/h;1-4H;;;. The van der Waals surface area contributed by atoms with E-state index in [4.69, 9.17) is 19.2 Å². The van der Waals surface area contributed by atoms with Crippen molar-refractivity contribution in [3.05, 3.63) is 0 Å².